The Morgan fingerprint density at radius 1 is 0.446 bits per heavy atom. The third-order valence-corrected chi connectivity index (χ3v) is 13.5. The minimum atomic E-state index is -0.119. The molecule has 0 saturated carbocycles. The van der Waals surface area contributed by atoms with E-state index in [-0.39, 0.29) is 5.41 Å². The van der Waals surface area contributed by atoms with Gasteiger partial charge in [-0.15, -0.1) is 11.3 Å². The summed E-state index contributed by atoms with van der Waals surface area (Å²) in [4.78, 5) is 2.42. The van der Waals surface area contributed by atoms with Crippen molar-refractivity contribution in [3.8, 4) is 22.3 Å². The molecule has 0 amide bonds. The molecule has 0 fully saturated rings. The highest BCUT2D eigenvalue weighted by Crippen LogP contribution is 2.51. The predicted molar refractivity (Wildman–Crippen MR) is 239 cm³/mol. The molecule has 9 aromatic carbocycles. The molecule has 56 heavy (non-hydrogen) atoms. The molecule has 3 heteroatoms. The van der Waals surface area contributed by atoms with E-state index in [0.717, 1.165) is 33.6 Å². The zero-order valence-electron chi connectivity index (χ0n) is 31.0. The molecule has 2 aromatic heterocycles. The highest BCUT2D eigenvalue weighted by Gasteiger charge is 2.35. The van der Waals surface area contributed by atoms with Crippen LogP contribution in [-0.2, 0) is 5.41 Å². The van der Waals surface area contributed by atoms with Crippen LogP contribution in [0.15, 0.2) is 180 Å². The fourth-order valence-corrected chi connectivity index (χ4v) is 10.8. The molecule has 0 unspecified atom stereocenters. The van der Waals surface area contributed by atoms with Crippen molar-refractivity contribution in [3.63, 3.8) is 0 Å². The van der Waals surface area contributed by atoms with Gasteiger partial charge in [-0.3, -0.25) is 0 Å². The lowest BCUT2D eigenvalue weighted by Crippen LogP contribution is -2.16. The second kappa shape index (κ2) is 11.7. The number of benzene rings is 9. The molecule has 0 atom stereocenters. The third-order valence-electron chi connectivity index (χ3n) is 12.3. The molecule has 264 valence electrons. The molecular weight excluding hydrogens is 699 g/mol. The van der Waals surface area contributed by atoms with Gasteiger partial charge in [-0.1, -0.05) is 135 Å². The van der Waals surface area contributed by atoms with Gasteiger partial charge in [-0.05, 0) is 110 Å². The Bertz CT molecular complexity index is 3400. The average molecular weight is 734 g/mol. The Morgan fingerprint density at radius 3 is 1.98 bits per heavy atom. The first-order chi connectivity index (χ1) is 27.5. The van der Waals surface area contributed by atoms with E-state index in [1.54, 1.807) is 0 Å². The van der Waals surface area contributed by atoms with Crippen molar-refractivity contribution < 1.29 is 4.42 Å². The molecule has 0 N–H and O–H groups in total. The fraction of sp³-hybridized carbons (Fsp3) is 0.0566. The number of nitrogens with zero attached hydrogens (tertiary/aromatic N) is 1. The summed E-state index contributed by atoms with van der Waals surface area (Å²) in [6.07, 6.45) is 0. The fourth-order valence-electron chi connectivity index (χ4n) is 9.53. The van der Waals surface area contributed by atoms with E-state index in [4.69, 9.17) is 4.42 Å². The third kappa shape index (κ3) is 4.49. The van der Waals surface area contributed by atoms with Crippen molar-refractivity contribution in [1.29, 1.82) is 0 Å². The lowest BCUT2D eigenvalue weighted by atomic mass is 9.82. The summed E-state index contributed by atoms with van der Waals surface area (Å²) in [7, 11) is 0. The highest BCUT2D eigenvalue weighted by molar-refractivity contribution is 7.27. The Labute approximate surface area is 328 Å². The van der Waals surface area contributed by atoms with E-state index in [2.05, 4.69) is 195 Å². The Hall–Kier alpha value is -6.68. The Morgan fingerprint density at radius 2 is 1.11 bits per heavy atom. The normalized spacial score (nSPS) is 13.3. The lowest BCUT2D eigenvalue weighted by Gasteiger charge is -2.28. The number of fused-ring (bicyclic) bond motifs is 13. The molecule has 11 aromatic rings. The van der Waals surface area contributed by atoms with Crippen LogP contribution in [0.4, 0.5) is 17.1 Å². The topological polar surface area (TPSA) is 16.4 Å². The van der Waals surface area contributed by atoms with Crippen LogP contribution in [0.25, 0.3) is 85.9 Å². The van der Waals surface area contributed by atoms with Crippen molar-refractivity contribution in [3.05, 3.63) is 187 Å². The number of anilines is 3. The van der Waals surface area contributed by atoms with Gasteiger partial charge in [0.2, 0.25) is 0 Å². The highest BCUT2D eigenvalue weighted by atomic mass is 32.1. The molecule has 0 aliphatic heterocycles. The monoisotopic (exact) mass is 733 g/mol. The van der Waals surface area contributed by atoms with E-state index >= 15 is 0 Å². The van der Waals surface area contributed by atoms with E-state index < -0.39 is 0 Å². The largest absolute Gasteiger partial charge is 0.456 e. The number of rotatable bonds is 4. The van der Waals surface area contributed by atoms with Crippen molar-refractivity contribution in [2.24, 2.45) is 0 Å². The molecule has 0 radical (unpaired) electrons. The van der Waals surface area contributed by atoms with Gasteiger partial charge in [-0.25, -0.2) is 0 Å². The predicted octanol–water partition coefficient (Wildman–Crippen LogP) is 15.7. The second-order valence-corrected chi connectivity index (χ2v) is 16.7. The van der Waals surface area contributed by atoms with Crippen LogP contribution in [0.1, 0.15) is 25.0 Å². The van der Waals surface area contributed by atoms with Crippen LogP contribution < -0.4 is 4.90 Å². The second-order valence-electron chi connectivity index (χ2n) is 15.7. The summed E-state index contributed by atoms with van der Waals surface area (Å²) in [5.74, 6) is 0. The van der Waals surface area contributed by atoms with Gasteiger partial charge in [0.25, 0.3) is 0 Å². The van der Waals surface area contributed by atoms with Crippen LogP contribution >= 0.6 is 11.3 Å². The van der Waals surface area contributed by atoms with E-state index in [0.29, 0.717) is 0 Å². The molecule has 2 nitrogen and oxygen atoms in total. The van der Waals surface area contributed by atoms with Crippen molar-refractivity contribution in [1.82, 2.24) is 0 Å². The minimum Gasteiger partial charge on any atom is -0.456 e. The van der Waals surface area contributed by atoms with Crippen LogP contribution in [0.5, 0.6) is 0 Å². The van der Waals surface area contributed by atoms with Gasteiger partial charge in [-0.2, -0.15) is 0 Å². The number of furan rings is 1. The van der Waals surface area contributed by atoms with Crippen LogP contribution in [0.3, 0.4) is 0 Å². The number of thiophene rings is 1. The van der Waals surface area contributed by atoms with Gasteiger partial charge in [0.1, 0.15) is 11.2 Å². The summed E-state index contributed by atoms with van der Waals surface area (Å²) in [5, 5.41) is 9.93. The van der Waals surface area contributed by atoms with E-state index in [1.165, 1.54) is 80.5 Å². The molecule has 0 saturated heterocycles. The van der Waals surface area contributed by atoms with Crippen LogP contribution in [0.2, 0.25) is 0 Å². The van der Waals surface area contributed by atoms with Gasteiger partial charge in [0.05, 0.1) is 0 Å². The first kappa shape index (κ1) is 31.6. The summed E-state index contributed by atoms with van der Waals surface area (Å²) in [6, 6.07) is 64.6. The smallest absolute Gasteiger partial charge is 0.136 e. The summed E-state index contributed by atoms with van der Waals surface area (Å²) in [5.41, 5.74) is 12.8. The van der Waals surface area contributed by atoms with E-state index in [9.17, 15) is 0 Å². The van der Waals surface area contributed by atoms with Gasteiger partial charge in [0.15, 0.2) is 0 Å². The quantitative estimate of drug-likeness (QED) is 0.179. The molecule has 0 spiro atoms. The summed E-state index contributed by atoms with van der Waals surface area (Å²) in [6.45, 7) is 4.71. The van der Waals surface area contributed by atoms with Crippen LogP contribution in [0, 0.1) is 0 Å². The molecule has 2 heterocycles. The number of hydrogen-bond donors (Lipinski definition) is 0. The Kier molecular flexibility index (Phi) is 6.59. The maximum atomic E-state index is 6.62. The zero-order chi connectivity index (χ0) is 37.1. The molecule has 1 aliphatic carbocycles. The van der Waals surface area contributed by atoms with Crippen LogP contribution in [-0.4, -0.2) is 0 Å². The summed E-state index contributed by atoms with van der Waals surface area (Å²) >= 11 is 1.88. The van der Waals surface area contributed by atoms with Crippen molar-refractivity contribution in [2.45, 2.75) is 19.3 Å². The maximum absolute atomic E-state index is 6.62. The minimum absolute atomic E-state index is 0.119. The first-order valence-electron chi connectivity index (χ1n) is 19.3. The van der Waals surface area contributed by atoms with Crippen molar-refractivity contribution in [2.75, 3.05) is 4.90 Å². The molecular formula is C53H35NOS. The SMILES string of the molecule is CC1(C)c2ccccc2-c2ccc(N(c3ccc(-c4cccc5ccccc45)cc3)c3ccc4oc5ccc6sc7c8ccccc8ccc7c6c5c4c3)cc21. The first-order valence-corrected chi connectivity index (χ1v) is 20.1. The molecule has 0 bridgehead atoms. The van der Waals surface area contributed by atoms with Crippen molar-refractivity contribution >= 4 is 92.1 Å². The maximum Gasteiger partial charge on any atom is 0.136 e. The van der Waals surface area contributed by atoms with Gasteiger partial charge < -0.3 is 9.32 Å². The number of hydrogen-bond acceptors (Lipinski definition) is 3. The zero-order valence-corrected chi connectivity index (χ0v) is 31.8. The van der Waals surface area contributed by atoms with Gasteiger partial charge in [0, 0.05) is 53.4 Å². The molecule has 12 rings (SSSR count). The van der Waals surface area contributed by atoms with Gasteiger partial charge >= 0.3 is 0 Å². The average Bonchev–Trinajstić information content (AvgIpc) is 3.88. The Balaban J connectivity index is 1.08. The summed E-state index contributed by atoms with van der Waals surface area (Å²) < 4.78 is 9.22. The lowest BCUT2D eigenvalue weighted by molar-refractivity contribution is 0.660. The standard InChI is InChI=1S/C53H35NOS/c1-53(2)45-17-8-7-15-41(45)42-26-23-37(31-46(42)53)54(35-21-18-34(19-22-35)39-16-9-12-32-10-3-5-13-38(32)39)36-24-27-47-44(30-36)50-48(55-47)28-29-49-51(50)43-25-20-33-11-4-6-14-40(33)52(43)56-49/h3-31H,1-2H3. The van der Waals surface area contributed by atoms with E-state index in [1.807, 2.05) is 11.3 Å². The molecule has 1 aliphatic rings.